The van der Waals surface area contributed by atoms with Gasteiger partial charge >= 0.3 is 6.18 Å². The van der Waals surface area contributed by atoms with E-state index in [4.69, 9.17) is 5.26 Å². The van der Waals surface area contributed by atoms with Crippen molar-refractivity contribution in [2.24, 2.45) is 0 Å². The van der Waals surface area contributed by atoms with Crippen molar-refractivity contribution in [3.05, 3.63) is 65.9 Å². The number of amides is 1. The third-order valence-corrected chi connectivity index (χ3v) is 7.79. The quantitative estimate of drug-likeness (QED) is 0.511. The summed E-state index contributed by atoms with van der Waals surface area (Å²) in [5.41, 5.74) is -2.17. The number of nitrogens with zero attached hydrogens (tertiary/aromatic N) is 2. The molecule has 0 aliphatic heterocycles. The van der Waals surface area contributed by atoms with Gasteiger partial charge in [0.15, 0.2) is 0 Å². The van der Waals surface area contributed by atoms with Gasteiger partial charge in [0, 0.05) is 26.2 Å². The van der Waals surface area contributed by atoms with Crippen LogP contribution in [-0.2, 0) is 26.2 Å². The van der Waals surface area contributed by atoms with E-state index in [1.165, 1.54) is 14.1 Å². The summed E-state index contributed by atoms with van der Waals surface area (Å²) in [4.78, 5) is 12.0. The SMILES string of the molecule is C=C(CCC#N)NC(=O)c1ccc(C(F)(F)F)cc1NS(=O)(=O)c1ccc(S(=O)(=O)N(C)C)cc1. The van der Waals surface area contributed by atoms with Crippen LogP contribution in [0.2, 0.25) is 0 Å². The van der Waals surface area contributed by atoms with Crippen LogP contribution in [0.1, 0.15) is 28.8 Å². The van der Waals surface area contributed by atoms with Crippen molar-refractivity contribution >= 4 is 31.6 Å². The van der Waals surface area contributed by atoms with Crippen LogP contribution in [-0.4, -0.2) is 41.1 Å². The maximum atomic E-state index is 13.2. The molecular formula is C21H21F3N4O5S2. The van der Waals surface area contributed by atoms with Gasteiger partial charge < -0.3 is 5.32 Å². The number of allylic oxidation sites excluding steroid dienone is 1. The zero-order valence-corrected chi connectivity index (χ0v) is 20.2. The third-order valence-electron chi connectivity index (χ3n) is 4.58. The Labute approximate surface area is 201 Å². The number of alkyl halides is 3. The molecular weight excluding hydrogens is 509 g/mol. The normalized spacial score (nSPS) is 12.1. The van der Waals surface area contributed by atoms with Crippen molar-refractivity contribution < 1.29 is 34.8 Å². The molecule has 0 spiro atoms. The lowest BCUT2D eigenvalue weighted by atomic mass is 10.1. The molecule has 0 heterocycles. The second-order valence-corrected chi connectivity index (χ2v) is 11.2. The van der Waals surface area contributed by atoms with Gasteiger partial charge in [-0.25, -0.2) is 21.1 Å². The van der Waals surface area contributed by atoms with Gasteiger partial charge in [0.1, 0.15) is 0 Å². The van der Waals surface area contributed by atoms with Crippen molar-refractivity contribution in [3.63, 3.8) is 0 Å². The molecule has 2 aromatic carbocycles. The standard InChI is InChI=1S/C21H21F3N4O5S2/c1-14(5-4-12-25)26-20(29)18-11-6-15(21(22,23)24)13-19(18)27-34(30,31)16-7-9-17(10-8-16)35(32,33)28(2)3/h6-11,13,27H,1,4-5H2,2-3H3,(H,26,29). The molecule has 0 aliphatic carbocycles. The Bertz CT molecular complexity index is 1380. The number of nitriles is 1. The van der Waals surface area contributed by atoms with E-state index in [2.05, 4.69) is 11.9 Å². The van der Waals surface area contributed by atoms with Crippen LogP contribution in [0.25, 0.3) is 0 Å². The molecule has 2 N–H and O–H groups in total. The largest absolute Gasteiger partial charge is 0.416 e. The highest BCUT2D eigenvalue weighted by atomic mass is 32.2. The minimum Gasteiger partial charge on any atom is -0.326 e. The Morgan fingerprint density at radius 1 is 1.06 bits per heavy atom. The highest BCUT2D eigenvalue weighted by Crippen LogP contribution is 2.33. The molecule has 0 radical (unpaired) electrons. The Hall–Kier alpha value is -3.41. The lowest BCUT2D eigenvalue weighted by Crippen LogP contribution is -2.25. The maximum absolute atomic E-state index is 13.2. The van der Waals surface area contributed by atoms with Crippen molar-refractivity contribution in [2.75, 3.05) is 18.8 Å². The van der Waals surface area contributed by atoms with Crippen LogP contribution in [0.5, 0.6) is 0 Å². The first-order valence-corrected chi connectivity index (χ1v) is 12.6. The van der Waals surface area contributed by atoms with E-state index in [1.807, 2.05) is 10.8 Å². The molecule has 0 saturated carbocycles. The van der Waals surface area contributed by atoms with E-state index < -0.39 is 53.8 Å². The summed E-state index contributed by atoms with van der Waals surface area (Å²) in [5, 5.41) is 10.9. The molecule has 0 aliphatic rings. The lowest BCUT2D eigenvalue weighted by Gasteiger charge is -2.16. The Morgan fingerprint density at radius 3 is 2.14 bits per heavy atom. The zero-order valence-electron chi connectivity index (χ0n) is 18.5. The number of benzene rings is 2. The Morgan fingerprint density at radius 2 is 1.63 bits per heavy atom. The van der Waals surface area contributed by atoms with E-state index >= 15 is 0 Å². The summed E-state index contributed by atoms with van der Waals surface area (Å²) < 4.78 is 92.7. The second kappa shape index (κ2) is 10.5. The van der Waals surface area contributed by atoms with E-state index in [0.29, 0.717) is 12.1 Å². The molecule has 2 aromatic rings. The lowest BCUT2D eigenvalue weighted by molar-refractivity contribution is -0.137. The number of anilines is 1. The number of hydrogen-bond acceptors (Lipinski definition) is 6. The zero-order chi connectivity index (χ0) is 26.6. The molecule has 2 rings (SSSR count). The van der Waals surface area contributed by atoms with Gasteiger partial charge in [0.25, 0.3) is 15.9 Å². The minimum atomic E-state index is -4.83. The fraction of sp³-hybridized carbons (Fsp3) is 0.238. The van der Waals surface area contributed by atoms with Crippen molar-refractivity contribution in [3.8, 4) is 6.07 Å². The molecule has 0 atom stereocenters. The second-order valence-electron chi connectivity index (χ2n) is 7.34. The van der Waals surface area contributed by atoms with Crippen molar-refractivity contribution in [2.45, 2.75) is 28.8 Å². The summed E-state index contributed by atoms with van der Waals surface area (Å²) in [6.45, 7) is 3.55. The molecule has 1 amide bonds. The predicted octanol–water partition coefficient (Wildman–Crippen LogP) is 3.30. The minimum absolute atomic E-state index is 0.0329. The molecule has 0 aromatic heterocycles. The van der Waals surface area contributed by atoms with Gasteiger partial charge in [-0.05, 0) is 48.9 Å². The van der Waals surface area contributed by atoms with Gasteiger partial charge in [-0.2, -0.15) is 18.4 Å². The number of rotatable bonds is 9. The molecule has 35 heavy (non-hydrogen) atoms. The molecule has 0 fully saturated rings. The van der Waals surface area contributed by atoms with Gasteiger partial charge in [0.2, 0.25) is 10.0 Å². The summed E-state index contributed by atoms with van der Waals surface area (Å²) in [7, 11) is -5.80. The van der Waals surface area contributed by atoms with Gasteiger partial charge in [-0.1, -0.05) is 6.58 Å². The highest BCUT2D eigenvalue weighted by molar-refractivity contribution is 7.92. The van der Waals surface area contributed by atoms with Crippen LogP contribution < -0.4 is 10.0 Å². The fourth-order valence-corrected chi connectivity index (χ4v) is 4.68. The van der Waals surface area contributed by atoms with Gasteiger partial charge in [-0.15, -0.1) is 0 Å². The van der Waals surface area contributed by atoms with E-state index in [0.717, 1.165) is 34.6 Å². The molecule has 0 bridgehead atoms. The summed E-state index contributed by atoms with van der Waals surface area (Å²) in [6, 6.07) is 7.73. The molecule has 9 nitrogen and oxygen atoms in total. The maximum Gasteiger partial charge on any atom is 0.416 e. The van der Waals surface area contributed by atoms with E-state index in [9.17, 15) is 34.8 Å². The summed E-state index contributed by atoms with van der Waals surface area (Å²) in [6.07, 6.45) is -4.70. The monoisotopic (exact) mass is 530 g/mol. The third kappa shape index (κ3) is 6.81. The van der Waals surface area contributed by atoms with Crippen molar-refractivity contribution in [1.82, 2.24) is 9.62 Å². The first kappa shape index (κ1) is 27.8. The smallest absolute Gasteiger partial charge is 0.326 e. The van der Waals surface area contributed by atoms with E-state index in [-0.39, 0.29) is 23.4 Å². The van der Waals surface area contributed by atoms with Gasteiger partial charge in [0.05, 0.1) is 32.7 Å². The molecule has 14 heteroatoms. The summed E-state index contributed by atoms with van der Waals surface area (Å²) in [5.74, 6) is -0.938. The first-order chi connectivity index (χ1) is 16.1. The average molecular weight is 531 g/mol. The van der Waals surface area contributed by atoms with Crippen LogP contribution in [0.15, 0.2) is 64.5 Å². The van der Waals surface area contributed by atoms with Crippen LogP contribution in [0.3, 0.4) is 0 Å². The van der Waals surface area contributed by atoms with Crippen molar-refractivity contribution in [1.29, 1.82) is 5.26 Å². The molecule has 0 saturated heterocycles. The van der Waals surface area contributed by atoms with Crippen LogP contribution >= 0.6 is 0 Å². The predicted molar refractivity (Wildman–Crippen MR) is 121 cm³/mol. The van der Waals surface area contributed by atoms with Gasteiger partial charge in [-0.3, -0.25) is 9.52 Å². The Balaban J connectivity index is 2.46. The van der Waals surface area contributed by atoms with E-state index in [1.54, 1.807) is 0 Å². The molecule has 0 unspecified atom stereocenters. The number of hydrogen-bond donors (Lipinski definition) is 2. The number of carbonyl (C=O) groups excluding carboxylic acids is 1. The first-order valence-electron chi connectivity index (χ1n) is 9.72. The van der Waals surface area contributed by atoms with Crippen LogP contribution in [0.4, 0.5) is 18.9 Å². The highest BCUT2D eigenvalue weighted by Gasteiger charge is 2.32. The van der Waals surface area contributed by atoms with Crippen LogP contribution in [0, 0.1) is 11.3 Å². The number of sulfonamides is 2. The average Bonchev–Trinajstić information content (AvgIpc) is 2.76. The molecule has 188 valence electrons. The number of nitrogens with one attached hydrogen (secondary N) is 2. The topological polar surface area (TPSA) is 136 Å². The number of halogens is 3. The number of carbonyl (C=O) groups is 1. The summed E-state index contributed by atoms with van der Waals surface area (Å²) >= 11 is 0. The Kier molecular flexibility index (Phi) is 8.32. The fourth-order valence-electron chi connectivity index (χ4n) is 2.71.